The highest BCUT2D eigenvalue weighted by Gasteiger charge is 2.20. The quantitative estimate of drug-likeness (QED) is 0.780. The van der Waals surface area contributed by atoms with Gasteiger partial charge in [-0.1, -0.05) is 12.1 Å². The third-order valence-corrected chi connectivity index (χ3v) is 3.58. The minimum atomic E-state index is -0.526. The van der Waals surface area contributed by atoms with Crippen LogP contribution in [-0.4, -0.2) is 48.5 Å². The fraction of sp³-hybridized carbons (Fsp3) is 0.471. The number of hydrogen-bond acceptors (Lipinski definition) is 4. The Morgan fingerprint density at radius 2 is 2.04 bits per heavy atom. The number of rotatable bonds is 6. The van der Waals surface area contributed by atoms with Crippen LogP contribution in [0.2, 0.25) is 0 Å². The number of para-hydroxylation sites is 1. The predicted molar refractivity (Wildman–Crippen MR) is 89.8 cm³/mol. The van der Waals surface area contributed by atoms with E-state index in [1.54, 1.807) is 29.2 Å². The normalized spacial score (nSPS) is 14.0. The molecular formula is C17H23N3O4. The number of urea groups is 1. The van der Waals surface area contributed by atoms with E-state index in [0.717, 1.165) is 6.42 Å². The smallest absolute Gasteiger partial charge is 0.340 e. The van der Waals surface area contributed by atoms with E-state index in [9.17, 15) is 14.4 Å². The predicted octanol–water partition coefficient (Wildman–Crippen LogP) is 2.00. The standard InChI is InChI=1S/C17H23N3O4/c1-12(2)18-17(23)19-14-7-4-3-6-13(14)16(22)24-11-10-20-9-5-8-15(20)21/h3-4,6-7,12H,5,8-11H2,1-2H3,(H2,18,19,23). The van der Waals surface area contributed by atoms with Crippen molar-refractivity contribution in [3.05, 3.63) is 29.8 Å². The summed E-state index contributed by atoms with van der Waals surface area (Å²) in [4.78, 5) is 37.2. The minimum Gasteiger partial charge on any atom is -0.460 e. The van der Waals surface area contributed by atoms with Crippen molar-refractivity contribution in [2.24, 2.45) is 0 Å². The zero-order chi connectivity index (χ0) is 17.5. The van der Waals surface area contributed by atoms with Gasteiger partial charge in [0.25, 0.3) is 0 Å². The number of carbonyl (C=O) groups excluding carboxylic acids is 3. The summed E-state index contributed by atoms with van der Waals surface area (Å²) in [6.07, 6.45) is 1.41. The second kappa shape index (κ2) is 8.33. The first-order valence-corrected chi connectivity index (χ1v) is 8.09. The molecule has 2 rings (SSSR count). The Morgan fingerprint density at radius 1 is 1.29 bits per heavy atom. The first-order chi connectivity index (χ1) is 11.5. The maximum atomic E-state index is 12.2. The van der Waals surface area contributed by atoms with Crippen LogP contribution in [0.25, 0.3) is 0 Å². The lowest BCUT2D eigenvalue weighted by Crippen LogP contribution is -2.34. The molecule has 0 unspecified atom stereocenters. The van der Waals surface area contributed by atoms with Gasteiger partial charge in [0.15, 0.2) is 0 Å². The third kappa shape index (κ3) is 4.97. The average Bonchev–Trinajstić information content (AvgIpc) is 2.92. The molecule has 2 N–H and O–H groups in total. The van der Waals surface area contributed by atoms with Gasteiger partial charge in [0.05, 0.1) is 17.8 Å². The molecule has 0 bridgehead atoms. The number of benzene rings is 1. The number of ether oxygens (including phenoxy) is 1. The monoisotopic (exact) mass is 333 g/mol. The van der Waals surface area contributed by atoms with Crippen LogP contribution < -0.4 is 10.6 Å². The largest absolute Gasteiger partial charge is 0.460 e. The topological polar surface area (TPSA) is 87.7 Å². The fourth-order valence-corrected chi connectivity index (χ4v) is 2.46. The van der Waals surface area contributed by atoms with Crippen molar-refractivity contribution in [2.75, 3.05) is 25.0 Å². The van der Waals surface area contributed by atoms with E-state index in [1.807, 2.05) is 13.8 Å². The number of nitrogens with zero attached hydrogens (tertiary/aromatic N) is 1. The van der Waals surface area contributed by atoms with E-state index in [1.165, 1.54) is 0 Å². The molecule has 3 amide bonds. The Kier molecular flexibility index (Phi) is 6.17. The minimum absolute atomic E-state index is 0.0119. The molecule has 0 saturated carbocycles. The summed E-state index contributed by atoms with van der Waals surface area (Å²) in [5.41, 5.74) is 0.669. The third-order valence-electron chi connectivity index (χ3n) is 3.58. The zero-order valence-electron chi connectivity index (χ0n) is 14.0. The molecular weight excluding hydrogens is 310 g/mol. The average molecular weight is 333 g/mol. The molecule has 7 heteroatoms. The molecule has 130 valence electrons. The summed E-state index contributed by atoms with van der Waals surface area (Å²) < 4.78 is 5.24. The summed E-state index contributed by atoms with van der Waals surface area (Å²) in [6, 6.07) is 6.26. The molecule has 1 saturated heterocycles. The van der Waals surface area contributed by atoms with Gasteiger partial charge in [0.1, 0.15) is 6.61 Å². The van der Waals surface area contributed by atoms with Gasteiger partial charge in [-0.2, -0.15) is 0 Å². The van der Waals surface area contributed by atoms with Crippen molar-refractivity contribution >= 4 is 23.6 Å². The van der Waals surface area contributed by atoms with Crippen LogP contribution in [0.4, 0.5) is 10.5 Å². The van der Waals surface area contributed by atoms with Crippen molar-refractivity contribution in [1.29, 1.82) is 0 Å². The number of hydrogen-bond donors (Lipinski definition) is 2. The lowest BCUT2D eigenvalue weighted by molar-refractivity contribution is -0.128. The molecule has 1 aliphatic rings. The molecule has 7 nitrogen and oxygen atoms in total. The molecule has 1 fully saturated rings. The second-order valence-corrected chi connectivity index (χ2v) is 5.92. The van der Waals surface area contributed by atoms with Crippen LogP contribution in [0.5, 0.6) is 0 Å². The number of nitrogens with one attached hydrogen (secondary N) is 2. The van der Waals surface area contributed by atoms with E-state index < -0.39 is 5.97 Å². The number of esters is 1. The molecule has 0 aromatic heterocycles. The summed E-state index contributed by atoms with van der Waals surface area (Å²) in [7, 11) is 0. The first kappa shape index (κ1) is 17.8. The maximum Gasteiger partial charge on any atom is 0.340 e. The van der Waals surface area contributed by atoms with E-state index in [2.05, 4.69) is 10.6 Å². The Labute approximate surface area is 141 Å². The van der Waals surface area contributed by atoms with Gasteiger partial charge in [-0.25, -0.2) is 9.59 Å². The molecule has 1 aromatic carbocycles. The van der Waals surface area contributed by atoms with Crippen LogP contribution in [0.3, 0.4) is 0 Å². The molecule has 0 atom stereocenters. The second-order valence-electron chi connectivity index (χ2n) is 5.92. The maximum absolute atomic E-state index is 12.2. The number of anilines is 1. The van der Waals surface area contributed by atoms with Crippen molar-refractivity contribution in [2.45, 2.75) is 32.7 Å². The first-order valence-electron chi connectivity index (χ1n) is 8.09. The van der Waals surface area contributed by atoms with Gasteiger partial charge >= 0.3 is 12.0 Å². The SMILES string of the molecule is CC(C)NC(=O)Nc1ccccc1C(=O)OCCN1CCCC1=O. The molecule has 1 aromatic rings. The lowest BCUT2D eigenvalue weighted by Gasteiger charge is -2.16. The van der Waals surface area contributed by atoms with E-state index in [-0.39, 0.29) is 30.2 Å². The molecule has 0 aliphatic carbocycles. The highest BCUT2D eigenvalue weighted by Crippen LogP contribution is 2.16. The van der Waals surface area contributed by atoms with Crippen LogP contribution in [0.15, 0.2) is 24.3 Å². The van der Waals surface area contributed by atoms with E-state index in [0.29, 0.717) is 25.2 Å². The Bertz CT molecular complexity index is 616. The number of likely N-dealkylation sites (tertiary alicyclic amines) is 1. The van der Waals surface area contributed by atoms with Crippen molar-refractivity contribution in [3.8, 4) is 0 Å². The Morgan fingerprint density at radius 3 is 2.71 bits per heavy atom. The van der Waals surface area contributed by atoms with Gasteiger partial charge in [0, 0.05) is 19.0 Å². The van der Waals surface area contributed by atoms with Gasteiger partial charge in [0.2, 0.25) is 5.91 Å². The van der Waals surface area contributed by atoms with Gasteiger partial charge in [-0.05, 0) is 32.4 Å². The zero-order valence-corrected chi connectivity index (χ0v) is 14.0. The van der Waals surface area contributed by atoms with Gasteiger partial charge < -0.3 is 20.3 Å². The number of amides is 3. The van der Waals surface area contributed by atoms with Crippen LogP contribution in [0, 0.1) is 0 Å². The molecule has 1 heterocycles. The molecule has 0 spiro atoms. The summed E-state index contributed by atoms with van der Waals surface area (Å²) in [5, 5.41) is 5.34. The van der Waals surface area contributed by atoms with Crippen molar-refractivity contribution in [3.63, 3.8) is 0 Å². The van der Waals surface area contributed by atoms with Gasteiger partial charge in [-0.15, -0.1) is 0 Å². The van der Waals surface area contributed by atoms with Crippen LogP contribution in [0.1, 0.15) is 37.0 Å². The highest BCUT2D eigenvalue weighted by atomic mass is 16.5. The molecule has 24 heavy (non-hydrogen) atoms. The van der Waals surface area contributed by atoms with Crippen molar-refractivity contribution < 1.29 is 19.1 Å². The summed E-state index contributed by atoms with van der Waals surface area (Å²) >= 11 is 0. The number of carbonyl (C=O) groups is 3. The van der Waals surface area contributed by atoms with Crippen LogP contribution in [-0.2, 0) is 9.53 Å². The fourth-order valence-electron chi connectivity index (χ4n) is 2.46. The Balaban J connectivity index is 1.91. The van der Waals surface area contributed by atoms with Gasteiger partial charge in [-0.3, -0.25) is 4.79 Å². The summed E-state index contributed by atoms with van der Waals surface area (Å²) in [5.74, 6) is -0.430. The lowest BCUT2D eigenvalue weighted by atomic mass is 10.2. The van der Waals surface area contributed by atoms with E-state index >= 15 is 0 Å². The van der Waals surface area contributed by atoms with E-state index in [4.69, 9.17) is 4.74 Å². The molecule has 1 aliphatic heterocycles. The summed E-state index contributed by atoms with van der Waals surface area (Å²) in [6.45, 7) is 4.94. The molecule has 0 radical (unpaired) electrons. The highest BCUT2D eigenvalue weighted by molar-refractivity contribution is 6.00. The van der Waals surface area contributed by atoms with Crippen LogP contribution >= 0.6 is 0 Å². The van der Waals surface area contributed by atoms with Crippen molar-refractivity contribution in [1.82, 2.24) is 10.2 Å². The Hall–Kier alpha value is -2.57.